The Morgan fingerprint density at radius 2 is 2.18 bits per heavy atom. The van der Waals surface area contributed by atoms with E-state index in [9.17, 15) is 0 Å². The second kappa shape index (κ2) is 7.16. The summed E-state index contributed by atoms with van der Waals surface area (Å²) < 4.78 is 6.38. The Kier molecular flexibility index (Phi) is 4.50. The van der Waals surface area contributed by atoms with Gasteiger partial charge in [0.25, 0.3) is 0 Å². The van der Waals surface area contributed by atoms with E-state index in [2.05, 4.69) is 39.1 Å². The lowest BCUT2D eigenvalue weighted by molar-refractivity contribution is 0.0986. The Morgan fingerprint density at radius 3 is 2.93 bits per heavy atom. The van der Waals surface area contributed by atoms with E-state index in [-0.39, 0.29) is 6.04 Å². The SMILES string of the molecule is C[C@@H]1COCCN1c1cc(-c2ccc(Cl)s2)c2ccnc(-c3ccn[nH]3)c2n1. The highest BCUT2D eigenvalue weighted by Crippen LogP contribution is 2.39. The fourth-order valence-electron chi connectivity index (χ4n) is 3.60. The van der Waals surface area contributed by atoms with E-state index < -0.39 is 0 Å². The number of pyridine rings is 2. The first-order chi connectivity index (χ1) is 13.7. The molecule has 1 aliphatic heterocycles. The van der Waals surface area contributed by atoms with Crippen molar-refractivity contribution in [3.63, 3.8) is 0 Å². The number of nitrogens with one attached hydrogen (secondary N) is 1. The summed E-state index contributed by atoms with van der Waals surface area (Å²) in [6.45, 7) is 4.36. The summed E-state index contributed by atoms with van der Waals surface area (Å²) in [5.74, 6) is 0.927. The van der Waals surface area contributed by atoms with Crippen LogP contribution in [0, 0.1) is 0 Å². The Bertz CT molecular complexity index is 1130. The highest BCUT2D eigenvalue weighted by atomic mass is 35.5. The van der Waals surface area contributed by atoms with Gasteiger partial charge in [-0.15, -0.1) is 11.3 Å². The first kappa shape index (κ1) is 17.6. The second-order valence-electron chi connectivity index (χ2n) is 6.78. The lowest BCUT2D eigenvalue weighted by Gasteiger charge is -2.34. The molecule has 0 aromatic carbocycles. The van der Waals surface area contributed by atoms with E-state index in [1.165, 1.54) is 0 Å². The van der Waals surface area contributed by atoms with Gasteiger partial charge in [-0.05, 0) is 37.3 Å². The predicted molar refractivity (Wildman–Crippen MR) is 113 cm³/mol. The van der Waals surface area contributed by atoms with Crippen molar-refractivity contribution >= 4 is 39.7 Å². The molecule has 1 atom stereocenters. The van der Waals surface area contributed by atoms with Gasteiger partial charge in [-0.1, -0.05) is 11.6 Å². The third-order valence-electron chi connectivity index (χ3n) is 4.97. The molecule has 28 heavy (non-hydrogen) atoms. The van der Waals surface area contributed by atoms with Crippen LogP contribution in [0.4, 0.5) is 5.82 Å². The van der Waals surface area contributed by atoms with Crippen LogP contribution in [0.25, 0.3) is 32.7 Å². The van der Waals surface area contributed by atoms with Crippen LogP contribution < -0.4 is 4.90 Å². The van der Waals surface area contributed by atoms with Crippen molar-refractivity contribution in [2.75, 3.05) is 24.7 Å². The van der Waals surface area contributed by atoms with E-state index in [1.54, 1.807) is 17.5 Å². The van der Waals surface area contributed by atoms with E-state index in [4.69, 9.17) is 21.3 Å². The van der Waals surface area contributed by atoms with Crippen LogP contribution in [0.2, 0.25) is 4.34 Å². The number of fused-ring (bicyclic) bond motifs is 1. The molecular weight excluding hydrogens is 394 g/mol. The van der Waals surface area contributed by atoms with Crippen LogP contribution in [-0.4, -0.2) is 46.0 Å². The third-order valence-corrected chi connectivity index (χ3v) is 6.24. The standard InChI is InChI=1S/C20H18ClN5OS/c1-12-11-27-9-8-26(12)18-10-14(16-2-3-17(21)28-16)13-4-6-22-20(19(13)24-18)15-5-7-23-25-15/h2-7,10,12H,8-9,11H2,1H3,(H,23,25)/t12-/m1/s1. The summed E-state index contributed by atoms with van der Waals surface area (Å²) in [4.78, 5) is 13.0. The molecule has 0 unspecified atom stereocenters. The number of nitrogens with zero attached hydrogens (tertiary/aromatic N) is 4. The topological polar surface area (TPSA) is 66.9 Å². The van der Waals surface area contributed by atoms with Gasteiger partial charge in [0.15, 0.2) is 0 Å². The van der Waals surface area contributed by atoms with E-state index in [0.717, 1.165) is 49.4 Å². The Labute approximate surface area is 171 Å². The van der Waals surface area contributed by atoms with Crippen LogP contribution in [0.15, 0.2) is 42.7 Å². The average Bonchev–Trinajstić information content (AvgIpc) is 3.39. The summed E-state index contributed by atoms with van der Waals surface area (Å²) in [6.07, 6.45) is 3.54. The van der Waals surface area contributed by atoms with Gasteiger partial charge in [0, 0.05) is 34.8 Å². The van der Waals surface area contributed by atoms with Crippen molar-refractivity contribution in [1.29, 1.82) is 0 Å². The molecule has 0 radical (unpaired) electrons. The molecule has 1 aliphatic rings. The maximum Gasteiger partial charge on any atom is 0.130 e. The number of ether oxygens (including phenoxy) is 1. The summed E-state index contributed by atoms with van der Waals surface area (Å²) in [5.41, 5.74) is 3.60. The number of halogens is 1. The number of thiophene rings is 1. The maximum absolute atomic E-state index is 6.24. The summed E-state index contributed by atoms with van der Waals surface area (Å²) in [6, 6.07) is 10.3. The first-order valence-corrected chi connectivity index (χ1v) is 10.3. The van der Waals surface area contributed by atoms with E-state index in [1.807, 2.05) is 24.4 Å². The van der Waals surface area contributed by atoms with Gasteiger partial charge in [0.05, 0.1) is 29.3 Å². The van der Waals surface area contributed by atoms with Gasteiger partial charge >= 0.3 is 0 Å². The van der Waals surface area contributed by atoms with Gasteiger partial charge in [-0.3, -0.25) is 10.1 Å². The molecule has 142 valence electrons. The second-order valence-corrected chi connectivity index (χ2v) is 8.49. The molecule has 0 amide bonds. The van der Waals surface area contributed by atoms with Crippen molar-refractivity contribution < 1.29 is 4.74 Å². The molecule has 8 heteroatoms. The number of morpholine rings is 1. The highest BCUT2D eigenvalue weighted by Gasteiger charge is 2.23. The third kappa shape index (κ3) is 3.05. The monoisotopic (exact) mass is 411 g/mol. The number of hydrogen-bond acceptors (Lipinski definition) is 6. The fourth-order valence-corrected chi connectivity index (χ4v) is 4.67. The van der Waals surface area contributed by atoms with Gasteiger partial charge < -0.3 is 9.64 Å². The van der Waals surface area contributed by atoms with Gasteiger partial charge in [-0.2, -0.15) is 5.10 Å². The molecule has 4 aromatic heterocycles. The lowest BCUT2D eigenvalue weighted by Crippen LogP contribution is -2.44. The molecule has 0 saturated carbocycles. The summed E-state index contributed by atoms with van der Waals surface area (Å²) in [7, 11) is 0. The molecule has 0 bridgehead atoms. The molecule has 5 heterocycles. The minimum atomic E-state index is 0.255. The molecule has 5 rings (SSSR count). The number of rotatable bonds is 3. The zero-order valence-electron chi connectivity index (χ0n) is 15.2. The minimum Gasteiger partial charge on any atom is -0.377 e. The molecule has 1 N–H and O–H groups in total. The highest BCUT2D eigenvalue weighted by molar-refractivity contribution is 7.19. The maximum atomic E-state index is 6.24. The number of aromatic nitrogens is 4. The normalized spacial score (nSPS) is 17.4. The van der Waals surface area contributed by atoms with Crippen LogP contribution in [0.3, 0.4) is 0 Å². The van der Waals surface area contributed by atoms with Crippen molar-refractivity contribution in [2.24, 2.45) is 0 Å². The first-order valence-electron chi connectivity index (χ1n) is 9.10. The van der Waals surface area contributed by atoms with Crippen LogP contribution in [0.1, 0.15) is 6.92 Å². The average molecular weight is 412 g/mol. The smallest absolute Gasteiger partial charge is 0.130 e. The van der Waals surface area contributed by atoms with E-state index >= 15 is 0 Å². The van der Waals surface area contributed by atoms with Gasteiger partial charge in [0.1, 0.15) is 17.0 Å². The van der Waals surface area contributed by atoms with Gasteiger partial charge in [0.2, 0.25) is 0 Å². The van der Waals surface area contributed by atoms with Crippen molar-refractivity contribution in [3.8, 4) is 21.8 Å². The van der Waals surface area contributed by atoms with Crippen molar-refractivity contribution in [1.82, 2.24) is 20.2 Å². The number of anilines is 1. The molecule has 1 saturated heterocycles. The van der Waals surface area contributed by atoms with Crippen LogP contribution in [0.5, 0.6) is 0 Å². The van der Waals surface area contributed by atoms with Crippen LogP contribution >= 0.6 is 22.9 Å². The zero-order valence-corrected chi connectivity index (χ0v) is 16.8. The zero-order chi connectivity index (χ0) is 19.1. The quantitative estimate of drug-likeness (QED) is 0.532. The Morgan fingerprint density at radius 1 is 1.25 bits per heavy atom. The molecule has 6 nitrogen and oxygen atoms in total. The molecule has 0 aliphatic carbocycles. The van der Waals surface area contributed by atoms with Crippen LogP contribution in [-0.2, 0) is 4.74 Å². The molecule has 4 aromatic rings. The number of aromatic amines is 1. The molecule has 1 fully saturated rings. The summed E-state index contributed by atoms with van der Waals surface area (Å²) in [5, 5.41) is 8.13. The fraction of sp³-hybridized carbons (Fsp3) is 0.250. The van der Waals surface area contributed by atoms with Gasteiger partial charge in [-0.25, -0.2) is 4.98 Å². The largest absolute Gasteiger partial charge is 0.377 e. The number of H-pyrrole nitrogens is 1. The van der Waals surface area contributed by atoms with Crippen molar-refractivity contribution in [3.05, 3.63) is 47.1 Å². The van der Waals surface area contributed by atoms with Crippen molar-refractivity contribution in [2.45, 2.75) is 13.0 Å². The number of hydrogen-bond donors (Lipinski definition) is 1. The lowest BCUT2D eigenvalue weighted by atomic mass is 10.1. The van der Waals surface area contributed by atoms with E-state index in [0.29, 0.717) is 13.2 Å². The summed E-state index contributed by atoms with van der Waals surface area (Å²) >= 11 is 7.81. The Balaban J connectivity index is 1.78. The molecular formula is C20H18ClN5OS. The minimum absolute atomic E-state index is 0.255. The predicted octanol–water partition coefficient (Wildman–Crippen LogP) is 4.63. The Hall–Kier alpha value is -2.48. The molecule has 0 spiro atoms.